The molecule has 4 aromatic rings. The van der Waals surface area contributed by atoms with Crippen LogP contribution < -0.4 is 24.8 Å². The second-order valence-corrected chi connectivity index (χ2v) is 10.4. The maximum absolute atomic E-state index is 13.1. The van der Waals surface area contributed by atoms with Gasteiger partial charge in [-0.1, -0.05) is 18.2 Å². The largest absolute Gasteiger partial charge is 0.493 e. The monoisotopic (exact) mass is 593 g/mol. The van der Waals surface area contributed by atoms with Gasteiger partial charge in [0.05, 0.1) is 21.3 Å². The smallest absolute Gasteiger partial charge is 0.329 e. The predicted molar refractivity (Wildman–Crippen MR) is 165 cm³/mol. The van der Waals surface area contributed by atoms with Crippen LogP contribution in [0.3, 0.4) is 0 Å². The van der Waals surface area contributed by atoms with Crippen LogP contribution in [0.5, 0.6) is 17.2 Å². The van der Waals surface area contributed by atoms with Crippen LogP contribution in [0.1, 0.15) is 23.7 Å². The van der Waals surface area contributed by atoms with Crippen molar-refractivity contribution in [2.45, 2.75) is 25.9 Å². The summed E-state index contributed by atoms with van der Waals surface area (Å²) in [5, 5.41) is 7.64. The van der Waals surface area contributed by atoms with Crippen LogP contribution in [0.25, 0.3) is 21.8 Å². The fourth-order valence-electron chi connectivity index (χ4n) is 4.84. The van der Waals surface area contributed by atoms with Crippen LogP contribution in [-0.4, -0.2) is 68.3 Å². The molecule has 222 valence electrons. The lowest BCUT2D eigenvalue weighted by Crippen LogP contribution is -2.43. The Morgan fingerprint density at radius 2 is 1.60 bits per heavy atom. The van der Waals surface area contributed by atoms with Crippen LogP contribution in [0, 0.1) is 0 Å². The number of rotatable bonds is 13. The molecule has 0 spiro atoms. The van der Waals surface area contributed by atoms with Gasteiger partial charge in [-0.25, -0.2) is 4.79 Å². The SMILES string of the molecule is CCn1c2ccccc2c2cc(NC(=O)COC(=O)C(CCSC)NC(=O)c3cc(OC)c(OC)c(OC)c3)ccc21. The third-order valence-electron chi connectivity index (χ3n) is 6.85. The van der Waals surface area contributed by atoms with Gasteiger partial charge in [0.25, 0.3) is 11.8 Å². The van der Waals surface area contributed by atoms with E-state index in [1.807, 2.05) is 36.6 Å². The van der Waals surface area contributed by atoms with Crippen LogP contribution >= 0.6 is 11.8 Å². The van der Waals surface area contributed by atoms with E-state index in [0.717, 1.165) is 28.4 Å². The minimum Gasteiger partial charge on any atom is -0.493 e. The maximum atomic E-state index is 13.1. The van der Waals surface area contributed by atoms with Crippen molar-refractivity contribution in [1.29, 1.82) is 0 Å². The molecule has 2 N–H and O–H groups in total. The van der Waals surface area contributed by atoms with Gasteiger partial charge in [0.1, 0.15) is 6.04 Å². The van der Waals surface area contributed by atoms with Gasteiger partial charge in [-0.05, 0) is 61.8 Å². The van der Waals surface area contributed by atoms with Crippen molar-refractivity contribution >= 4 is 57.0 Å². The molecule has 0 aliphatic carbocycles. The summed E-state index contributed by atoms with van der Waals surface area (Å²) in [6.07, 6.45) is 2.21. The number of nitrogens with zero attached hydrogens (tertiary/aromatic N) is 1. The van der Waals surface area contributed by atoms with Gasteiger partial charge in [-0.3, -0.25) is 9.59 Å². The number of thioether (sulfide) groups is 1. The van der Waals surface area contributed by atoms with Gasteiger partial charge in [-0.15, -0.1) is 0 Å². The molecule has 3 aromatic carbocycles. The number of hydrogen-bond acceptors (Lipinski definition) is 8. The Kier molecular flexibility index (Phi) is 10.2. The number of nitrogens with one attached hydrogen (secondary N) is 2. The Hall–Kier alpha value is -4.38. The van der Waals surface area contributed by atoms with Gasteiger partial charge >= 0.3 is 5.97 Å². The van der Waals surface area contributed by atoms with E-state index < -0.39 is 30.4 Å². The Labute approximate surface area is 248 Å². The molecule has 1 aromatic heterocycles. The second kappa shape index (κ2) is 14.0. The van der Waals surface area contributed by atoms with Crippen LogP contribution in [-0.2, 0) is 20.9 Å². The Morgan fingerprint density at radius 3 is 2.24 bits per heavy atom. The summed E-state index contributed by atoms with van der Waals surface area (Å²) in [5.41, 5.74) is 3.00. The number of aromatic nitrogens is 1. The summed E-state index contributed by atoms with van der Waals surface area (Å²) in [5.74, 6) is -0.175. The number of hydrogen-bond donors (Lipinski definition) is 2. The molecule has 0 saturated carbocycles. The van der Waals surface area contributed by atoms with E-state index in [2.05, 4.69) is 34.3 Å². The summed E-state index contributed by atoms with van der Waals surface area (Å²) < 4.78 is 23.5. The first-order valence-corrected chi connectivity index (χ1v) is 14.8. The molecule has 0 fully saturated rings. The van der Waals surface area contributed by atoms with Crippen molar-refractivity contribution in [2.24, 2.45) is 0 Å². The molecule has 4 rings (SSSR count). The molecule has 0 aliphatic heterocycles. The number of fused-ring (bicyclic) bond motifs is 3. The quantitative estimate of drug-likeness (QED) is 0.211. The molecule has 2 amide bonds. The fraction of sp³-hybridized carbons (Fsp3) is 0.323. The molecule has 10 nitrogen and oxygen atoms in total. The van der Waals surface area contributed by atoms with E-state index >= 15 is 0 Å². The van der Waals surface area contributed by atoms with Crippen LogP contribution in [0.2, 0.25) is 0 Å². The summed E-state index contributed by atoms with van der Waals surface area (Å²) in [6, 6.07) is 15.9. The molecule has 1 heterocycles. The standard InChI is InChI=1S/C31H35N3O7S/c1-6-34-24-10-8-7-9-21(24)22-17-20(11-12-25(22)34)32-28(35)18-41-31(37)23(13-14-42-5)33-30(36)19-15-26(38-2)29(40-4)27(16-19)39-3/h7-12,15-17,23H,6,13-14,18H2,1-5H3,(H,32,35)(H,33,36). The molecule has 1 unspecified atom stereocenters. The third-order valence-corrected chi connectivity index (χ3v) is 7.49. The highest BCUT2D eigenvalue weighted by Gasteiger charge is 2.25. The molecule has 0 saturated heterocycles. The molecular weight excluding hydrogens is 558 g/mol. The summed E-state index contributed by atoms with van der Waals surface area (Å²) in [6.45, 7) is 2.42. The number of carbonyl (C=O) groups excluding carboxylic acids is 3. The number of anilines is 1. The molecule has 42 heavy (non-hydrogen) atoms. The number of ether oxygens (including phenoxy) is 4. The number of esters is 1. The molecule has 0 aliphatic rings. The highest BCUT2D eigenvalue weighted by atomic mass is 32.2. The lowest BCUT2D eigenvalue weighted by Gasteiger charge is -2.18. The lowest BCUT2D eigenvalue weighted by atomic mass is 10.1. The van der Waals surface area contributed by atoms with Gasteiger partial charge in [0.2, 0.25) is 5.75 Å². The van der Waals surface area contributed by atoms with E-state index in [1.54, 1.807) is 0 Å². The predicted octanol–water partition coefficient (Wildman–Crippen LogP) is 4.87. The Balaban J connectivity index is 1.43. The van der Waals surface area contributed by atoms with Gasteiger partial charge < -0.3 is 34.1 Å². The van der Waals surface area contributed by atoms with Crippen molar-refractivity contribution in [3.05, 3.63) is 60.2 Å². The number of benzene rings is 3. The first-order chi connectivity index (χ1) is 20.3. The number of methoxy groups -OCH3 is 3. The van der Waals surface area contributed by atoms with Gasteiger partial charge in [0.15, 0.2) is 18.1 Å². The fourth-order valence-corrected chi connectivity index (χ4v) is 5.32. The molecule has 1 atom stereocenters. The van der Waals surface area contributed by atoms with E-state index in [9.17, 15) is 14.4 Å². The normalized spacial score (nSPS) is 11.6. The zero-order valence-corrected chi connectivity index (χ0v) is 25.1. The second-order valence-electron chi connectivity index (χ2n) is 9.37. The van der Waals surface area contributed by atoms with E-state index in [0.29, 0.717) is 35.1 Å². The molecule has 0 bridgehead atoms. The third kappa shape index (κ3) is 6.57. The summed E-state index contributed by atoms with van der Waals surface area (Å²) >= 11 is 1.52. The van der Waals surface area contributed by atoms with Crippen molar-refractivity contribution < 1.29 is 33.3 Å². The van der Waals surface area contributed by atoms with E-state index in [-0.39, 0.29) is 5.56 Å². The molecular formula is C31H35N3O7S. The van der Waals surface area contributed by atoms with Crippen LogP contribution in [0.4, 0.5) is 5.69 Å². The van der Waals surface area contributed by atoms with Crippen molar-refractivity contribution in [2.75, 3.05) is 45.3 Å². The average molecular weight is 594 g/mol. The van der Waals surface area contributed by atoms with Crippen molar-refractivity contribution in [3.8, 4) is 17.2 Å². The number of amides is 2. The van der Waals surface area contributed by atoms with Gasteiger partial charge in [0, 0.05) is 39.6 Å². The Bertz CT molecular complexity index is 1580. The highest BCUT2D eigenvalue weighted by Crippen LogP contribution is 2.38. The lowest BCUT2D eigenvalue weighted by molar-refractivity contribution is -0.149. The first-order valence-electron chi connectivity index (χ1n) is 13.4. The minimum absolute atomic E-state index is 0.212. The zero-order chi connectivity index (χ0) is 30.2. The maximum Gasteiger partial charge on any atom is 0.329 e. The minimum atomic E-state index is -0.964. The number of para-hydroxylation sites is 1. The van der Waals surface area contributed by atoms with Crippen molar-refractivity contribution in [1.82, 2.24) is 9.88 Å². The first kappa shape index (κ1) is 30.6. The summed E-state index contributed by atoms with van der Waals surface area (Å²) in [7, 11) is 4.36. The summed E-state index contributed by atoms with van der Waals surface area (Å²) in [4.78, 5) is 38.8. The van der Waals surface area contributed by atoms with E-state index in [1.165, 1.54) is 45.2 Å². The molecule has 11 heteroatoms. The number of aryl methyl sites for hydroxylation is 1. The highest BCUT2D eigenvalue weighted by molar-refractivity contribution is 7.98. The molecule has 0 radical (unpaired) electrons. The Morgan fingerprint density at radius 1 is 0.905 bits per heavy atom. The average Bonchev–Trinajstić information content (AvgIpc) is 3.33. The van der Waals surface area contributed by atoms with E-state index in [4.69, 9.17) is 18.9 Å². The zero-order valence-electron chi connectivity index (χ0n) is 24.3. The van der Waals surface area contributed by atoms with Crippen molar-refractivity contribution in [3.63, 3.8) is 0 Å². The number of carbonyl (C=O) groups is 3. The van der Waals surface area contributed by atoms with Crippen LogP contribution in [0.15, 0.2) is 54.6 Å². The van der Waals surface area contributed by atoms with Gasteiger partial charge in [-0.2, -0.15) is 11.8 Å². The topological polar surface area (TPSA) is 117 Å².